The van der Waals surface area contributed by atoms with E-state index in [9.17, 15) is 30.3 Å². The summed E-state index contributed by atoms with van der Waals surface area (Å²) in [5, 5.41) is 54.8. The Balaban J connectivity index is 2.12. The minimum atomic E-state index is -1.57. The van der Waals surface area contributed by atoms with Gasteiger partial charge in [-0.25, -0.2) is 0 Å². The van der Waals surface area contributed by atoms with E-state index in [1.54, 1.807) is 6.08 Å². The van der Waals surface area contributed by atoms with Crippen LogP contribution in [0, 0.1) is 0 Å². The predicted octanol–water partition coefficient (Wildman–Crippen LogP) is 20.0. The van der Waals surface area contributed by atoms with Crippen LogP contribution in [0.2, 0.25) is 0 Å². The first kappa shape index (κ1) is 78.7. The highest BCUT2D eigenvalue weighted by Gasteiger charge is 2.44. The topological polar surface area (TPSA) is 149 Å². The zero-order valence-corrected chi connectivity index (χ0v) is 54.5. The average molecular weight is 1160 g/mol. The molecule has 0 aromatic carbocycles. The summed E-state index contributed by atoms with van der Waals surface area (Å²) in [7, 11) is 0. The van der Waals surface area contributed by atoms with E-state index in [-0.39, 0.29) is 12.5 Å². The summed E-state index contributed by atoms with van der Waals surface area (Å²) < 4.78 is 11.3. The third kappa shape index (κ3) is 50.8. The normalized spacial score (nSPS) is 18.4. The Morgan fingerprint density at radius 3 is 1.02 bits per heavy atom. The smallest absolute Gasteiger partial charge is 0.220 e. The van der Waals surface area contributed by atoms with Crippen molar-refractivity contribution >= 4 is 5.91 Å². The molecule has 1 heterocycles. The number of hydrogen-bond donors (Lipinski definition) is 6. The van der Waals surface area contributed by atoms with Crippen molar-refractivity contribution in [2.24, 2.45) is 0 Å². The van der Waals surface area contributed by atoms with Crippen LogP contribution in [0.5, 0.6) is 0 Å². The molecule has 82 heavy (non-hydrogen) atoms. The molecule has 0 spiro atoms. The van der Waals surface area contributed by atoms with Crippen molar-refractivity contribution in [1.82, 2.24) is 5.32 Å². The maximum absolute atomic E-state index is 13.1. The second-order valence-corrected chi connectivity index (χ2v) is 25.7. The van der Waals surface area contributed by atoms with Crippen LogP contribution >= 0.6 is 0 Å². The highest BCUT2D eigenvalue weighted by Crippen LogP contribution is 2.24. The van der Waals surface area contributed by atoms with Gasteiger partial charge in [0.1, 0.15) is 24.4 Å². The van der Waals surface area contributed by atoms with Crippen LogP contribution in [0.3, 0.4) is 0 Å². The molecule has 0 bridgehead atoms. The van der Waals surface area contributed by atoms with Crippen LogP contribution in [0.1, 0.15) is 380 Å². The Labute approximate surface area is 509 Å². The summed E-state index contributed by atoms with van der Waals surface area (Å²) in [6.07, 6.45) is 75.9. The number of ether oxygens (including phenoxy) is 2. The Morgan fingerprint density at radius 1 is 0.402 bits per heavy atom. The van der Waals surface area contributed by atoms with Crippen molar-refractivity contribution in [2.75, 3.05) is 13.2 Å². The van der Waals surface area contributed by atoms with Crippen LogP contribution < -0.4 is 5.32 Å². The molecular weight excluding hydrogens is 1020 g/mol. The molecule has 9 heteroatoms. The number of aliphatic hydroxyl groups is 5. The van der Waals surface area contributed by atoms with E-state index in [1.165, 1.54) is 321 Å². The molecular formula is C73H141NO8. The van der Waals surface area contributed by atoms with Gasteiger partial charge in [0.15, 0.2) is 6.29 Å². The molecule has 1 aliphatic heterocycles. The molecule has 486 valence electrons. The van der Waals surface area contributed by atoms with E-state index >= 15 is 0 Å². The first-order valence-electron chi connectivity index (χ1n) is 36.6. The summed E-state index contributed by atoms with van der Waals surface area (Å²) >= 11 is 0. The lowest BCUT2D eigenvalue weighted by Gasteiger charge is -2.40. The number of carbonyl (C=O) groups is 1. The van der Waals surface area contributed by atoms with Gasteiger partial charge < -0.3 is 40.3 Å². The van der Waals surface area contributed by atoms with E-state index < -0.39 is 49.5 Å². The van der Waals surface area contributed by atoms with E-state index in [0.717, 1.165) is 38.5 Å². The number of unbranched alkanes of at least 4 members (excludes halogenated alkanes) is 53. The summed E-state index contributed by atoms with van der Waals surface area (Å²) in [4.78, 5) is 13.1. The highest BCUT2D eigenvalue weighted by atomic mass is 16.7. The van der Waals surface area contributed by atoms with Crippen LogP contribution in [-0.4, -0.2) is 87.5 Å². The summed E-state index contributed by atoms with van der Waals surface area (Å²) in [5.41, 5.74) is 0. The molecule has 0 aromatic heterocycles. The lowest BCUT2D eigenvalue weighted by atomic mass is 9.99. The molecule has 0 saturated carbocycles. The molecule has 1 saturated heterocycles. The molecule has 0 radical (unpaired) electrons. The summed E-state index contributed by atoms with van der Waals surface area (Å²) in [6, 6.07) is -0.820. The second kappa shape index (κ2) is 62.7. The van der Waals surface area contributed by atoms with E-state index in [0.29, 0.717) is 6.42 Å². The lowest BCUT2D eigenvalue weighted by Crippen LogP contribution is -2.60. The molecule has 1 amide bonds. The van der Waals surface area contributed by atoms with Crippen molar-refractivity contribution in [3.05, 3.63) is 24.3 Å². The van der Waals surface area contributed by atoms with Crippen LogP contribution in [-0.2, 0) is 14.3 Å². The molecule has 6 N–H and O–H groups in total. The zero-order valence-electron chi connectivity index (χ0n) is 54.5. The Morgan fingerprint density at radius 2 is 0.695 bits per heavy atom. The highest BCUT2D eigenvalue weighted by molar-refractivity contribution is 5.76. The quantitative estimate of drug-likeness (QED) is 0.0261. The molecule has 1 rings (SSSR count). The second-order valence-electron chi connectivity index (χ2n) is 25.7. The Hall–Kier alpha value is -1.33. The van der Waals surface area contributed by atoms with Gasteiger partial charge in [0.2, 0.25) is 5.91 Å². The van der Waals surface area contributed by atoms with Gasteiger partial charge in [-0.2, -0.15) is 0 Å². The van der Waals surface area contributed by atoms with E-state index in [1.807, 2.05) is 6.08 Å². The molecule has 7 unspecified atom stereocenters. The van der Waals surface area contributed by atoms with Gasteiger partial charge >= 0.3 is 0 Å². The molecule has 0 aromatic rings. The zero-order chi connectivity index (χ0) is 59.3. The maximum Gasteiger partial charge on any atom is 0.220 e. The minimum Gasteiger partial charge on any atom is -0.394 e. The third-order valence-corrected chi connectivity index (χ3v) is 17.8. The van der Waals surface area contributed by atoms with Gasteiger partial charge in [0.25, 0.3) is 0 Å². The standard InChI is InChI=1S/C73H141NO8/c1-3-5-7-9-11-13-15-17-19-21-23-25-27-29-31-33-35-37-39-41-43-45-47-49-51-53-55-57-59-61-63-69(77)74-66(65-81-73-72(80)71(79)70(78)68(64-75)82-73)67(76)62-60-58-56-54-52-50-48-46-44-42-40-38-36-34-32-30-28-26-24-22-20-18-16-14-12-10-8-6-4-2/h52,54,60,62,66-68,70-73,75-76,78-80H,3-51,53,55-59,61,63-65H2,1-2H3,(H,74,77)/b54-52+,62-60+. The van der Waals surface area contributed by atoms with E-state index in [4.69, 9.17) is 9.47 Å². The maximum atomic E-state index is 13.1. The number of carbonyl (C=O) groups excluding carboxylic acids is 1. The van der Waals surface area contributed by atoms with Gasteiger partial charge in [0, 0.05) is 6.42 Å². The molecule has 0 aliphatic carbocycles. The predicted molar refractivity (Wildman–Crippen MR) is 350 cm³/mol. The van der Waals surface area contributed by atoms with Crippen molar-refractivity contribution in [1.29, 1.82) is 0 Å². The number of amides is 1. The molecule has 1 aliphatic rings. The first-order chi connectivity index (χ1) is 40.3. The van der Waals surface area contributed by atoms with Crippen LogP contribution in [0.15, 0.2) is 24.3 Å². The number of rotatable bonds is 65. The minimum absolute atomic E-state index is 0.177. The summed E-state index contributed by atoms with van der Waals surface area (Å²) in [5.74, 6) is -0.177. The number of aliphatic hydroxyl groups excluding tert-OH is 5. The number of allylic oxidation sites excluding steroid dienone is 3. The van der Waals surface area contributed by atoms with E-state index in [2.05, 4.69) is 31.3 Å². The van der Waals surface area contributed by atoms with Gasteiger partial charge in [0.05, 0.1) is 25.4 Å². The number of hydrogen-bond acceptors (Lipinski definition) is 8. The Bertz CT molecular complexity index is 1340. The van der Waals surface area contributed by atoms with Gasteiger partial charge in [-0.15, -0.1) is 0 Å². The fourth-order valence-corrected chi connectivity index (χ4v) is 12.1. The fraction of sp³-hybridized carbons (Fsp3) is 0.932. The SMILES string of the molecule is CCCCCCCCCCCCCCCCCCCCCCCCC/C=C/CC/C=C/C(O)C(COC1OC(CO)C(O)C(O)C1O)NC(=O)CCCCCCCCCCCCCCCCCCCCCCCCCCCCCCCC. The van der Waals surface area contributed by atoms with Crippen molar-refractivity contribution in [2.45, 2.75) is 423 Å². The third-order valence-electron chi connectivity index (χ3n) is 17.8. The largest absolute Gasteiger partial charge is 0.394 e. The summed E-state index contributed by atoms with van der Waals surface area (Å²) in [6.45, 7) is 3.83. The molecule has 9 nitrogen and oxygen atoms in total. The molecule has 1 fully saturated rings. The van der Waals surface area contributed by atoms with Crippen molar-refractivity contribution in [3.8, 4) is 0 Å². The average Bonchev–Trinajstić information content (AvgIpc) is 3.57. The number of nitrogens with one attached hydrogen (secondary N) is 1. The first-order valence-corrected chi connectivity index (χ1v) is 36.6. The van der Waals surface area contributed by atoms with Crippen LogP contribution in [0.4, 0.5) is 0 Å². The molecule has 7 atom stereocenters. The van der Waals surface area contributed by atoms with Gasteiger partial charge in [-0.1, -0.05) is 366 Å². The van der Waals surface area contributed by atoms with Gasteiger partial charge in [-0.3, -0.25) is 4.79 Å². The monoisotopic (exact) mass is 1160 g/mol. The lowest BCUT2D eigenvalue weighted by molar-refractivity contribution is -0.302. The van der Waals surface area contributed by atoms with Crippen molar-refractivity contribution < 1.29 is 39.8 Å². The van der Waals surface area contributed by atoms with Gasteiger partial charge in [-0.05, 0) is 32.1 Å². The van der Waals surface area contributed by atoms with Crippen molar-refractivity contribution in [3.63, 3.8) is 0 Å². The van der Waals surface area contributed by atoms with Crippen LogP contribution in [0.25, 0.3) is 0 Å². The Kier molecular flexibility index (Phi) is 60.2. The fourth-order valence-electron chi connectivity index (χ4n) is 12.1.